The van der Waals surface area contributed by atoms with Crippen LogP contribution in [0.4, 0.5) is 5.69 Å². The first-order valence-electron chi connectivity index (χ1n) is 9.07. The van der Waals surface area contributed by atoms with Crippen molar-refractivity contribution in [2.45, 2.75) is 32.7 Å². The Labute approximate surface area is 159 Å². The fourth-order valence-electron chi connectivity index (χ4n) is 2.37. The molecule has 0 saturated carbocycles. The molecule has 0 aliphatic heterocycles. The molecule has 6 heteroatoms. The zero-order chi connectivity index (χ0) is 19.5. The molecule has 0 saturated heterocycles. The average molecular weight is 370 g/mol. The molecule has 27 heavy (non-hydrogen) atoms. The van der Waals surface area contributed by atoms with Crippen LogP contribution in [0.25, 0.3) is 0 Å². The molecule has 2 aromatic carbocycles. The van der Waals surface area contributed by atoms with E-state index in [2.05, 4.69) is 17.6 Å². The smallest absolute Gasteiger partial charge is 0.313 e. The first-order valence-corrected chi connectivity index (χ1v) is 9.07. The van der Waals surface area contributed by atoms with Crippen LogP contribution in [0.3, 0.4) is 0 Å². The lowest BCUT2D eigenvalue weighted by Gasteiger charge is -2.09. The van der Waals surface area contributed by atoms with E-state index >= 15 is 0 Å². The molecular formula is C21H26N2O4. The number of rotatable bonds is 9. The molecule has 0 radical (unpaired) electrons. The molecule has 0 aromatic heterocycles. The maximum absolute atomic E-state index is 12.0. The van der Waals surface area contributed by atoms with Gasteiger partial charge < -0.3 is 20.1 Å². The van der Waals surface area contributed by atoms with Gasteiger partial charge in [-0.2, -0.15) is 0 Å². The normalized spacial score (nSPS) is 10.1. The lowest BCUT2D eigenvalue weighted by molar-refractivity contribution is -0.136. The van der Waals surface area contributed by atoms with E-state index in [0.717, 1.165) is 36.3 Å². The number of carbonyl (C=O) groups excluding carboxylic acids is 2. The third-order valence-electron chi connectivity index (χ3n) is 3.95. The van der Waals surface area contributed by atoms with Crippen molar-refractivity contribution in [3.05, 3.63) is 54.1 Å². The Kier molecular flexibility index (Phi) is 8.16. The summed E-state index contributed by atoms with van der Waals surface area (Å²) in [6.07, 6.45) is 3.30. The lowest BCUT2D eigenvalue weighted by atomic mass is 10.2. The van der Waals surface area contributed by atoms with Crippen molar-refractivity contribution in [2.24, 2.45) is 0 Å². The van der Waals surface area contributed by atoms with Crippen LogP contribution in [0, 0.1) is 0 Å². The first-order chi connectivity index (χ1) is 13.1. The summed E-state index contributed by atoms with van der Waals surface area (Å²) in [6.45, 7) is 3.08. The number of ether oxygens (including phenoxy) is 2. The van der Waals surface area contributed by atoms with E-state index in [4.69, 9.17) is 9.47 Å². The van der Waals surface area contributed by atoms with E-state index in [1.54, 1.807) is 43.5 Å². The second kappa shape index (κ2) is 10.9. The summed E-state index contributed by atoms with van der Waals surface area (Å²) in [6, 6.07) is 14.2. The predicted octanol–water partition coefficient (Wildman–Crippen LogP) is 3.52. The number of nitrogens with one attached hydrogen (secondary N) is 2. The standard InChI is InChI=1S/C21H26N2O4/c1-3-4-5-14-27-19-12-8-17(9-13-19)23-21(25)20(24)22-15-16-6-10-18(26-2)11-7-16/h6-13H,3-5,14-15H2,1-2H3,(H,22,24)(H,23,25). The third-order valence-corrected chi connectivity index (χ3v) is 3.95. The van der Waals surface area contributed by atoms with Crippen molar-refractivity contribution in [2.75, 3.05) is 19.0 Å². The molecule has 0 spiro atoms. The van der Waals surface area contributed by atoms with Crippen LogP contribution in [0.5, 0.6) is 11.5 Å². The largest absolute Gasteiger partial charge is 0.497 e. The van der Waals surface area contributed by atoms with Crippen LogP contribution in [-0.4, -0.2) is 25.5 Å². The maximum Gasteiger partial charge on any atom is 0.313 e. The number of hydrogen-bond donors (Lipinski definition) is 2. The number of amides is 2. The van der Waals surface area contributed by atoms with E-state index < -0.39 is 11.8 Å². The minimum absolute atomic E-state index is 0.265. The van der Waals surface area contributed by atoms with E-state index in [-0.39, 0.29) is 6.54 Å². The molecule has 2 N–H and O–H groups in total. The zero-order valence-corrected chi connectivity index (χ0v) is 15.8. The summed E-state index contributed by atoms with van der Waals surface area (Å²) >= 11 is 0. The van der Waals surface area contributed by atoms with Gasteiger partial charge in [0, 0.05) is 12.2 Å². The molecule has 6 nitrogen and oxygen atoms in total. The van der Waals surface area contributed by atoms with Gasteiger partial charge in [-0.15, -0.1) is 0 Å². The summed E-state index contributed by atoms with van der Waals surface area (Å²) in [7, 11) is 1.59. The Balaban J connectivity index is 1.76. The topological polar surface area (TPSA) is 76.7 Å². The van der Waals surface area contributed by atoms with Crippen molar-refractivity contribution in [3.8, 4) is 11.5 Å². The summed E-state index contributed by atoms with van der Waals surface area (Å²) in [4.78, 5) is 23.9. The highest BCUT2D eigenvalue weighted by molar-refractivity contribution is 6.39. The van der Waals surface area contributed by atoms with E-state index in [1.807, 2.05) is 12.1 Å². The van der Waals surface area contributed by atoms with Gasteiger partial charge >= 0.3 is 11.8 Å². The van der Waals surface area contributed by atoms with Gasteiger partial charge in [0.2, 0.25) is 0 Å². The molecule has 0 bridgehead atoms. The summed E-state index contributed by atoms with van der Waals surface area (Å²) in [5, 5.41) is 5.16. The Morgan fingerprint density at radius 1 is 0.889 bits per heavy atom. The van der Waals surface area contributed by atoms with Crippen molar-refractivity contribution in [1.82, 2.24) is 5.32 Å². The Morgan fingerprint density at radius 2 is 1.56 bits per heavy atom. The second-order valence-corrected chi connectivity index (χ2v) is 6.06. The molecule has 0 aliphatic rings. The van der Waals surface area contributed by atoms with Crippen LogP contribution < -0.4 is 20.1 Å². The van der Waals surface area contributed by atoms with Crippen LogP contribution in [0.15, 0.2) is 48.5 Å². The molecule has 0 unspecified atom stereocenters. The van der Waals surface area contributed by atoms with E-state index in [0.29, 0.717) is 12.3 Å². The quantitative estimate of drug-likeness (QED) is 0.523. The van der Waals surface area contributed by atoms with Gasteiger partial charge in [-0.3, -0.25) is 9.59 Å². The molecule has 0 atom stereocenters. The molecule has 2 amide bonds. The van der Waals surface area contributed by atoms with E-state index in [1.165, 1.54) is 0 Å². The maximum atomic E-state index is 12.0. The Hall–Kier alpha value is -3.02. The van der Waals surface area contributed by atoms with Crippen molar-refractivity contribution in [1.29, 1.82) is 0 Å². The van der Waals surface area contributed by atoms with E-state index in [9.17, 15) is 9.59 Å². The summed E-state index contributed by atoms with van der Waals surface area (Å²) < 4.78 is 10.7. The van der Waals surface area contributed by atoms with Crippen LogP contribution in [-0.2, 0) is 16.1 Å². The number of carbonyl (C=O) groups is 2. The third kappa shape index (κ3) is 7.01. The highest BCUT2D eigenvalue weighted by atomic mass is 16.5. The minimum Gasteiger partial charge on any atom is -0.497 e. The lowest BCUT2D eigenvalue weighted by Crippen LogP contribution is -2.34. The van der Waals surface area contributed by atoms with Crippen LogP contribution >= 0.6 is 0 Å². The molecule has 144 valence electrons. The fraction of sp³-hybridized carbons (Fsp3) is 0.333. The van der Waals surface area contributed by atoms with Crippen LogP contribution in [0.1, 0.15) is 31.7 Å². The van der Waals surface area contributed by atoms with Crippen molar-refractivity contribution in [3.63, 3.8) is 0 Å². The van der Waals surface area contributed by atoms with Gasteiger partial charge in [-0.1, -0.05) is 31.9 Å². The number of benzene rings is 2. The van der Waals surface area contributed by atoms with Gasteiger partial charge in [-0.25, -0.2) is 0 Å². The highest BCUT2D eigenvalue weighted by Crippen LogP contribution is 2.16. The number of unbranched alkanes of at least 4 members (excludes halogenated alkanes) is 2. The molecule has 2 aromatic rings. The van der Waals surface area contributed by atoms with Crippen molar-refractivity contribution >= 4 is 17.5 Å². The van der Waals surface area contributed by atoms with Crippen molar-refractivity contribution < 1.29 is 19.1 Å². The SMILES string of the molecule is CCCCCOc1ccc(NC(=O)C(=O)NCc2ccc(OC)cc2)cc1. The average Bonchev–Trinajstić information content (AvgIpc) is 2.71. The van der Waals surface area contributed by atoms with Gasteiger partial charge in [0.05, 0.1) is 13.7 Å². The second-order valence-electron chi connectivity index (χ2n) is 6.06. The molecular weight excluding hydrogens is 344 g/mol. The molecule has 0 fully saturated rings. The zero-order valence-electron chi connectivity index (χ0n) is 15.8. The Bertz CT molecular complexity index is 727. The summed E-state index contributed by atoms with van der Waals surface area (Å²) in [5.41, 5.74) is 1.42. The first kappa shape index (κ1) is 20.3. The highest BCUT2D eigenvalue weighted by Gasteiger charge is 2.13. The summed E-state index contributed by atoms with van der Waals surface area (Å²) in [5.74, 6) is 0.0829. The minimum atomic E-state index is -0.708. The van der Waals surface area contributed by atoms with Gasteiger partial charge in [0.25, 0.3) is 0 Å². The predicted molar refractivity (Wildman–Crippen MR) is 105 cm³/mol. The fourth-order valence-corrected chi connectivity index (χ4v) is 2.37. The molecule has 0 heterocycles. The molecule has 2 rings (SSSR count). The molecule has 0 aliphatic carbocycles. The van der Waals surface area contributed by atoms with Gasteiger partial charge in [0.15, 0.2) is 0 Å². The number of hydrogen-bond acceptors (Lipinski definition) is 4. The van der Waals surface area contributed by atoms with Gasteiger partial charge in [0.1, 0.15) is 11.5 Å². The van der Waals surface area contributed by atoms with Crippen LogP contribution in [0.2, 0.25) is 0 Å². The monoisotopic (exact) mass is 370 g/mol. The number of methoxy groups -OCH3 is 1. The number of anilines is 1. The van der Waals surface area contributed by atoms with Gasteiger partial charge in [-0.05, 0) is 48.4 Å². The Morgan fingerprint density at radius 3 is 2.19 bits per heavy atom.